The lowest BCUT2D eigenvalue weighted by Crippen LogP contribution is -2.29. The molecule has 4 rings (SSSR count). The molecule has 0 spiro atoms. The molecule has 1 atom stereocenters. The van der Waals surface area contributed by atoms with Gasteiger partial charge in [-0.1, -0.05) is 54.6 Å². The molecule has 1 aliphatic heterocycles. The molecule has 0 N–H and O–H groups in total. The summed E-state index contributed by atoms with van der Waals surface area (Å²) in [6.45, 7) is 0.257. The zero-order valence-corrected chi connectivity index (χ0v) is 12.4. The van der Waals surface area contributed by atoms with E-state index in [1.807, 2.05) is 6.07 Å². The van der Waals surface area contributed by atoms with Gasteiger partial charge in [0.25, 0.3) is 0 Å². The number of ketones is 1. The van der Waals surface area contributed by atoms with Crippen molar-refractivity contribution in [1.82, 2.24) is 0 Å². The average molecular weight is 290 g/mol. The van der Waals surface area contributed by atoms with Gasteiger partial charge in [0.1, 0.15) is 6.61 Å². The highest BCUT2D eigenvalue weighted by atomic mass is 16.5. The zero-order chi connectivity index (χ0) is 14.9. The first-order valence-electron chi connectivity index (χ1n) is 7.83. The third kappa shape index (κ3) is 2.30. The molecule has 2 aromatic carbocycles. The van der Waals surface area contributed by atoms with Gasteiger partial charge >= 0.3 is 0 Å². The van der Waals surface area contributed by atoms with E-state index in [9.17, 15) is 4.79 Å². The molecule has 1 unspecified atom stereocenters. The highest BCUT2D eigenvalue weighted by Crippen LogP contribution is 2.38. The van der Waals surface area contributed by atoms with Crippen LogP contribution in [-0.2, 0) is 16.0 Å². The van der Waals surface area contributed by atoms with Crippen LogP contribution in [0.5, 0.6) is 0 Å². The van der Waals surface area contributed by atoms with Gasteiger partial charge in [-0.15, -0.1) is 0 Å². The zero-order valence-electron chi connectivity index (χ0n) is 12.4. The SMILES string of the molecule is O=C1COC2CCc3ccccc3C(c3ccccc3)=C2C1. The van der Waals surface area contributed by atoms with Crippen molar-refractivity contribution in [1.29, 1.82) is 0 Å². The lowest BCUT2D eigenvalue weighted by molar-refractivity contribution is -0.127. The lowest BCUT2D eigenvalue weighted by atomic mass is 9.87. The Bertz CT molecular complexity index is 743. The van der Waals surface area contributed by atoms with E-state index < -0.39 is 0 Å². The normalized spacial score (nSPS) is 21.1. The van der Waals surface area contributed by atoms with Crippen LogP contribution < -0.4 is 0 Å². The molecule has 0 bridgehead atoms. The summed E-state index contributed by atoms with van der Waals surface area (Å²) in [6.07, 6.45) is 2.54. The van der Waals surface area contributed by atoms with Crippen LogP contribution in [0.4, 0.5) is 0 Å². The Balaban J connectivity index is 1.97. The molecule has 0 radical (unpaired) electrons. The first-order chi connectivity index (χ1) is 10.8. The molecule has 22 heavy (non-hydrogen) atoms. The number of carbonyl (C=O) groups is 1. The first kappa shape index (κ1) is 13.5. The van der Waals surface area contributed by atoms with Gasteiger partial charge in [0.15, 0.2) is 5.78 Å². The molecular weight excluding hydrogens is 272 g/mol. The van der Waals surface area contributed by atoms with Crippen molar-refractivity contribution in [2.75, 3.05) is 6.61 Å². The van der Waals surface area contributed by atoms with Crippen molar-refractivity contribution >= 4 is 11.4 Å². The summed E-state index contributed by atoms with van der Waals surface area (Å²) in [6, 6.07) is 18.9. The van der Waals surface area contributed by atoms with Crippen LogP contribution in [0.1, 0.15) is 29.5 Å². The molecule has 2 aliphatic rings. The summed E-state index contributed by atoms with van der Waals surface area (Å²) in [7, 11) is 0. The molecule has 2 heteroatoms. The summed E-state index contributed by atoms with van der Waals surface area (Å²) in [5, 5.41) is 0. The Hall–Kier alpha value is -2.19. The van der Waals surface area contributed by atoms with E-state index in [1.165, 1.54) is 22.3 Å². The Morgan fingerprint density at radius 1 is 0.955 bits per heavy atom. The number of fused-ring (bicyclic) bond motifs is 2. The van der Waals surface area contributed by atoms with E-state index in [4.69, 9.17) is 4.74 Å². The smallest absolute Gasteiger partial charge is 0.162 e. The lowest BCUT2D eigenvalue weighted by Gasteiger charge is -2.26. The van der Waals surface area contributed by atoms with E-state index >= 15 is 0 Å². The molecule has 1 saturated heterocycles. The monoisotopic (exact) mass is 290 g/mol. The molecule has 2 aromatic rings. The quantitative estimate of drug-likeness (QED) is 0.798. The predicted octanol–water partition coefficient (Wildman–Crippen LogP) is 3.79. The van der Waals surface area contributed by atoms with Crippen molar-refractivity contribution in [2.45, 2.75) is 25.4 Å². The van der Waals surface area contributed by atoms with Crippen molar-refractivity contribution in [3.8, 4) is 0 Å². The third-order valence-corrected chi connectivity index (χ3v) is 4.57. The van der Waals surface area contributed by atoms with Gasteiger partial charge in [-0.3, -0.25) is 4.79 Å². The maximum absolute atomic E-state index is 12.0. The van der Waals surface area contributed by atoms with Gasteiger partial charge in [0.05, 0.1) is 6.10 Å². The number of Topliss-reactive ketones (excluding diaryl/α,β-unsaturated/α-hetero) is 1. The molecular formula is C20H18O2. The van der Waals surface area contributed by atoms with Crippen LogP contribution in [0.25, 0.3) is 5.57 Å². The Morgan fingerprint density at radius 3 is 2.59 bits per heavy atom. The van der Waals surface area contributed by atoms with Gasteiger partial charge in [-0.2, -0.15) is 0 Å². The molecule has 1 fully saturated rings. The number of hydrogen-bond donors (Lipinski definition) is 0. The Morgan fingerprint density at radius 2 is 1.73 bits per heavy atom. The highest BCUT2D eigenvalue weighted by Gasteiger charge is 2.31. The fourth-order valence-corrected chi connectivity index (χ4v) is 3.57. The average Bonchev–Trinajstić information content (AvgIpc) is 2.72. The summed E-state index contributed by atoms with van der Waals surface area (Å²) in [4.78, 5) is 12.0. The largest absolute Gasteiger partial charge is 0.366 e. The summed E-state index contributed by atoms with van der Waals surface area (Å²) in [5.41, 5.74) is 6.14. The first-order valence-corrected chi connectivity index (χ1v) is 7.83. The van der Waals surface area contributed by atoms with Crippen LogP contribution in [0, 0.1) is 0 Å². The van der Waals surface area contributed by atoms with Crippen LogP contribution in [0.3, 0.4) is 0 Å². The second-order valence-corrected chi connectivity index (χ2v) is 5.98. The number of ether oxygens (including phenoxy) is 1. The van der Waals surface area contributed by atoms with E-state index in [1.54, 1.807) is 0 Å². The van der Waals surface area contributed by atoms with E-state index in [0.717, 1.165) is 18.4 Å². The molecule has 0 aromatic heterocycles. The van der Waals surface area contributed by atoms with Crippen LogP contribution >= 0.6 is 0 Å². The number of carbonyl (C=O) groups excluding carboxylic acids is 1. The minimum Gasteiger partial charge on any atom is -0.366 e. The molecule has 0 amide bonds. The molecule has 1 aliphatic carbocycles. The van der Waals surface area contributed by atoms with Crippen molar-refractivity contribution < 1.29 is 9.53 Å². The highest BCUT2D eigenvalue weighted by molar-refractivity contribution is 5.91. The Kier molecular flexibility index (Phi) is 3.39. The van der Waals surface area contributed by atoms with Crippen LogP contribution in [0.2, 0.25) is 0 Å². The van der Waals surface area contributed by atoms with Crippen molar-refractivity contribution in [2.24, 2.45) is 0 Å². The van der Waals surface area contributed by atoms with Crippen molar-refractivity contribution in [3.05, 3.63) is 76.9 Å². The molecule has 0 saturated carbocycles. The fraction of sp³-hybridized carbons (Fsp3) is 0.250. The summed E-state index contributed by atoms with van der Waals surface area (Å²) >= 11 is 0. The number of benzene rings is 2. The number of rotatable bonds is 1. The molecule has 1 heterocycles. The molecule has 110 valence electrons. The predicted molar refractivity (Wildman–Crippen MR) is 86.6 cm³/mol. The molecule has 2 nitrogen and oxygen atoms in total. The van der Waals surface area contributed by atoms with Gasteiger partial charge in [0, 0.05) is 6.42 Å². The van der Waals surface area contributed by atoms with Gasteiger partial charge in [0.2, 0.25) is 0 Å². The Labute approximate surface area is 130 Å². The van der Waals surface area contributed by atoms with Crippen molar-refractivity contribution in [3.63, 3.8) is 0 Å². The number of hydrogen-bond acceptors (Lipinski definition) is 2. The van der Waals surface area contributed by atoms with Gasteiger partial charge in [-0.25, -0.2) is 0 Å². The fourth-order valence-electron chi connectivity index (χ4n) is 3.57. The van der Waals surface area contributed by atoms with Gasteiger partial charge in [-0.05, 0) is 40.7 Å². The maximum Gasteiger partial charge on any atom is 0.162 e. The summed E-state index contributed by atoms with van der Waals surface area (Å²) < 4.78 is 5.85. The summed E-state index contributed by atoms with van der Waals surface area (Å²) in [5.74, 6) is 0.180. The minimum atomic E-state index is 0.0697. The van der Waals surface area contributed by atoms with Gasteiger partial charge < -0.3 is 4.74 Å². The third-order valence-electron chi connectivity index (χ3n) is 4.57. The second-order valence-electron chi connectivity index (χ2n) is 5.98. The maximum atomic E-state index is 12.0. The number of aryl methyl sites for hydroxylation is 1. The second kappa shape index (κ2) is 5.54. The van der Waals surface area contributed by atoms with Crippen LogP contribution in [-0.4, -0.2) is 18.5 Å². The standard InChI is InChI=1S/C20H18O2/c21-16-12-18-19(22-13-16)11-10-14-6-4-5-9-17(14)20(18)15-7-2-1-3-8-15/h1-9,19H,10-13H2. The minimum absolute atomic E-state index is 0.0697. The topological polar surface area (TPSA) is 26.3 Å². The van der Waals surface area contributed by atoms with Crippen LogP contribution in [0.15, 0.2) is 60.2 Å². The van der Waals surface area contributed by atoms with E-state index in [0.29, 0.717) is 6.42 Å². The van der Waals surface area contributed by atoms with E-state index in [-0.39, 0.29) is 18.5 Å². The van der Waals surface area contributed by atoms with E-state index in [2.05, 4.69) is 48.5 Å².